The van der Waals surface area contributed by atoms with Crippen LogP contribution in [0.3, 0.4) is 0 Å². The van der Waals surface area contributed by atoms with Crippen molar-refractivity contribution in [3.05, 3.63) is 54.1 Å². The fraction of sp³-hybridized carbons (Fsp3) is 0.300. The van der Waals surface area contributed by atoms with Crippen LogP contribution in [0.25, 0.3) is 0 Å². The third-order valence-corrected chi connectivity index (χ3v) is 6.56. The summed E-state index contributed by atoms with van der Waals surface area (Å²) >= 11 is 0. The molecule has 0 radical (unpaired) electrons. The van der Waals surface area contributed by atoms with Crippen molar-refractivity contribution in [2.45, 2.75) is 30.8 Å². The Morgan fingerprint density at radius 3 is 2.17 bits per heavy atom. The lowest BCUT2D eigenvalue weighted by Gasteiger charge is -2.17. The number of carbonyl (C=O) groups excluding carboxylic acids is 2. The molecule has 0 aromatic heterocycles. The maximum atomic E-state index is 12.5. The van der Waals surface area contributed by atoms with Crippen molar-refractivity contribution in [2.75, 3.05) is 18.4 Å². The first-order valence-corrected chi connectivity index (χ1v) is 10.7. The lowest BCUT2D eigenvalue weighted by molar-refractivity contribution is -0.122. The van der Waals surface area contributed by atoms with Gasteiger partial charge in [-0.15, -0.1) is 0 Å². The highest BCUT2D eigenvalue weighted by Crippen LogP contribution is 2.22. The first-order chi connectivity index (χ1) is 13.8. The maximum absolute atomic E-state index is 12.5. The minimum Gasteiger partial charge on any atom is -0.481 e. The molecule has 1 saturated heterocycles. The summed E-state index contributed by atoms with van der Waals surface area (Å²) in [4.78, 5) is 23.6. The molecule has 3 rings (SSSR count). The van der Waals surface area contributed by atoms with Gasteiger partial charge in [0.15, 0.2) is 6.10 Å². The fourth-order valence-electron chi connectivity index (χ4n) is 2.99. The van der Waals surface area contributed by atoms with Gasteiger partial charge in [0.2, 0.25) is 15.9 Å². The third kappa shape index (κ3) is 4.93. The zero-order valence-corrected chi connectivity index (χ0v) is 16.8. The highest BCUT2D eigenvalue weighted by Gasteiger charge is 2.27. The molecule has 0 spiro atoms. The van der Waals surface area contributed by atoms with E-state index >= 15 is 0 Å². The van der Waals surface area contributed by atoms with E-state index in [9.17, 15) is 18.0 Å². The second kappa shape index (κ2) is 8.62. The summed E-state index contributed by atoms with van der Waals surface area (Å²) in [5.74, 6) is -0.513. The normalized spacial score (nSPS) is 15.6. The maximum Gasteiger partial charge on any atom is 0.265 e. The van der Waals surface area contributed by atoms with Crippen molar-refractivity contribution in [3.8, 4) is 5.75 Å². The number of anilines is 1. The van der Waals surface area contributed by atoms with Gasteiger partial charge in [-0.3, -0.25) is 9.59 Å². The number of nitrogens with one attached hydrogen (secondary N) is 1. The summed E-state index contributed by atoms with van der Waals surface area (Å²) < 4.78 is 32.1. The highest BCUT2D eigenvalue weighted by molar-refractivity contribution is 7.89. The van der Waals surface area contributed by atoms with Crippen molar-refractivity contribution in [1.82, 2.24) is 4.31 Å². The van der Waals surface area contributed by atoms with Gasteiger partial charge >= 0.3 is 0 Å². The Kier molecular flexibility index (Phi) is 6.19. The lowest BCUT2D eigenvalue weighted by atomic mass is 10.2. The molecule has 3 N–H and O–H groups in total. The Hall–Kier alpha value is -2.91. The van der Waals surface area contributed by atoms with Crippen LogP contribution in [-0.4, -0.2) is 43.7 Å². The molecule has 9 heteroatoms. The largest absolute Gasteiger partial charge is 0.481 e. The number of ether oxygens (including phenoxy) is 1. The lowest BCUT2D eigenvalue weighted by Crippen LogP contribution is -2.30. The number of nitrogens with zero attached hydrogens (tertiary/aromatic N) is 1. The number of hydrogen-bond acceptors (Lipinski definition) is 5. The van der Waals surface area contributed by atoms with E-state index in [0.717, 1.165) is 12.8 Å². The SMILES string of the molecule is C[C@H](Oc1ccc(C(N)=O)cc1)C(=O)Nc1ccc(S(=O)(=O)N2CCCC2)cc1. The van der Waals surface area contributed by atoms with Crippen LogP contribution < -0.4 is 15.8 Å². The molecule has 1 fully saturated rings. The number of benzene rings is 2. The topological polar surface area (TPSA) is 119 Å². The van der Waals surface area contributed by atoms with Gasteiger partial charge in [-0.25, -0.2) is 8.42 Å². The highest BCUT2D eigenvalue weighted by atomic mass is 32.2. The third-order valence-electron chi connectivity index (χ3n) is 4.65. The van der Waals surface area contributed by atoms with E-state index in [1.54, 1.807) is 31.2 Å². The van der Waals surface area contributed by atoms with Crippen LogP contribution in [0.5, 0.6) is 5.75 Å². The number of hydrogen-bond donors (Lipinski definition) is 2. The van der Waals surface area contributed by atoms with E-state index < -0.39 is 22.0 Å². The second-order valence-corrected chi connectivity index (χ2v) is 8.71. The van der Waals surface area contributed by atoms with Crippen molar-refractivity contribution in [2.24, 2.45) is 5.73 Å². The summed E-state index contributed by atoms with van der Waals surface area (Å²) in [6.07, 6.45) is 0.940. The van der Waals surface area contributed by atoms with Crippen LogP contribution in [0.15, 0.2) is 53.4 Å². The molecule has 1 heterocycles. The summed E-state index contributed by atoms with van der Waals surface area (Å²) in [6, 6.07) is 12.2. The van der Waals surface area contributed by atoms with Crippen molar-refractivity contribution in [3.63, 3.8) is 0 Å². The van der Waals surface area contributed by atoms with Gasteiger partial charge in [-0.05, 0) is 68.3 Å². The minimum absolute atomic E-state index is 0.205. The van der Waals surface area contributed by atoms with Crippen LogP contribution in [-0.2, 0) is 14.8 Å². The Labute approximate surface area is 169 Å². The van der Waals surface area contributed by atoms with E-state index in [0.29, 0.717) is 30.1 Å². The zero-order chi connectivity index (χ0) is 21.0. The number of amides is 2. The van der Waals surface area contributed by atoms with Crippen molar-refractivity contribution >= 4 is 27.5 Å². The second-order valence-electron chi connectivity index (χ2n) is 6.77. The number of primary amides is 1. The summed E-state index contributed by atoms with van der Waals surface area (Å²) in [5, 5.41) is 2.69. The number of carbonyl (C=O) groups is 2. The molecule has 2 aromatic rings. The number of rotatable bonds is 7. The summed E-state index contributed by atoms with van der Waals surface area (Å²) in [5.41, 5.74) is 6.00. The molecule has 1 atom stereocenters. The van der Waals surface area contributed by atoms with Gasteiger partial charge in [0.1, 0.15) is 5.75 Å². The van der Waals surface area contributed by atoms with Crippen LogP contribution >= 0.6 is 0 Å². The van der Waals surface area contributed by atoms with Crippen molar-refractivity contribution in [1.29, 1.82) is 0 Å². The van der Waals surface area contributed by atoms with Gasteiger partial charge in [-0.1, -0.05) is 0 Å². The molecule has 1 aliphatic heterocycles. The molecule has 0 saturated carbocycles. The van der Waals surface area contributed by atoms with Gasteiger partial charge in [0, 0.05) is 24.3 Å². The van der Waals surface area contributed by atoms with E-state index in [-0.39, 0.29) is 10.8 Å². The smallest absolute Gasteiger partial charge is 0.265 e. The van der Waals surface area contributed by atoms with E-state index in [1.807, 2.05) is 0 Å². The van der Waals surface area contributed by atoms with Crippen molar-refractivity contribution < 1.29 is 22.7 Å². The predicted molar refractivity (Wildman–Crippen MR) is 108 cm³/mol. The number of sulfonamides is 1. The van der Waals surface area contributed by atoms with Gasteiger partial charge < -0.3 is 15.8 Å². The van der Waals surface area contributed by atoms with Crippen LogP contribution in [0.1, 0.15) is 30.1 Å². The van der Waals surface area contributed by atoms with E-state index in [4.69, 9.17) is 10.5 Å². The fourth-order valence-corrected chi connectivity index (χ4v) is 4.50. The molecule has 2 amide bonds. The average Bonchev–Trinajstić information content (AvgIpc) is 3.24. The van der Waals surface area contributed by atoms with Crippen LogP contribution in [0, 0.1) is 0 Å². The Morgan fingerprint density at radius 2 is 1.62 bits per heavy atom. The molecule has 29 heavy (non-hydrogen) atoms. The standard InChI is InChI=1S/C20H23N3O5S/c1-14(28-17-8-4-15(5-9-17)19(21)24)20(25)22-16-6-10-18(11-7-16)29(26,27)23-12-2-3-13-23/h4-11,14H,2-3,12-13H2,1H3,(H2,21,24)(H,22,25)/t14-/m0/s1. The van der Waals surface area contributed by atoms with Gasteiger partial charge in [-0.2, -0.15) is 4.31 Å². The zero-order valence-electron chi connectivity index (χ0n) is 16.0. The molecule has 2 aromatic carbocycles. The molecule has 1 aliphatic rings. The summed E-state index contributed by atoms with van der Waals surface area (Å²) in [7, 11) is -3.49. The van der Waals surface area contributed by atoms with E-state index in [1.165, 1.54) is 28.6 Å². The monoisotopic (exact) mass is 417 g/mol. The Morgan fingerprint density at radius 1 is 1.03 bits per heavy atom. The Balaban J connectivity index is 1.60. The minimum atomic E-state index is -3.49. The number of nitrogens with two attached hydrogens (primary N) is 1. The molecule has 0 bridgehead atoms. The molecule has 154 valence electrons. The summed E-state index contributed by atoms with van der Waals surface area (Å²) in [6.45, 7) is 2.66. The van der Waals surface area contributed by atoms with Gasteiger partial charge in [0.25, 0.3) is 5.91 Å². The van der Waals surface area contributed by atoms with E-state index in [2.05, 4.69) is 5.32 Å². The van der Waals surface area contributed by atoms with Gasteiger partial charge in [0.05, 0.1) is 4.90 Å². The average molecular weight is 417 g/mol. The Bertz CT molecular complexity index is 982. The quantitative estimate of drug-likeness (QED) is 0.714. The molecular weight excluding hydrogens is 394 g/mol. The molecule has 8 nitrogen and oxygen atoms in total. The molecule has 0 unspecified atom stereocenters. The molecule has 0 aliphatic carbocycles. The first-order valence-electron chi connectivity index (χ1n) is 9.25. The van der Waals surface area contributed by atoms with Crippen LogP contribution in [0.4, 0.5) is 5.69 Å². The predicted octanol–water partition coefficient (Wildman–Crippen LogP) is 1.98. The molecular formula is C20H23N3O5S. The van der Waals surface area contributed by atoms with Crippen LogP contribution in [0.2, 0.25) is 0 Å². The first kappa shape index (κ1) is 20.8.